The van der Waals surface area contributed by atoms with E-state index in [9.17, 15) is 9.59 Å². The van der Waals surface area contributed by atoms with Crippen LogP contribution in [0.3, 0.4) is 0 Å². The van der Waals surface area contributed by atoms with Gasteiger partial charge < -0.3 is 19.4 Å². The fourth-order valence-corrected chi connectivity index (χ4v) is 3.04. The van der Waals surface area contributed by atoms with Crippen LogP contribution < -0.4 is 0 Å². The van der Waals surface area contributed by atoms with Crippen molar-refractivity contribution in [3.8, 4) is 0 Å². The first-order chi connectivity index (χ1) is 11.0. The van der Waals surface area contributed by atoms with Crippen LogP contribution in [0.5, 0.6) is 0 Å². The first-order valence-corrected chi connectivity index (χ1v) is 7.82. The van der Waals surface area contributed by atoms with E-state index in [-0.39, 0.29) is 11.8 Å². The number of aryl methyl sites for hydroxylation is 3. The van der Waals surface area contributed by atoms with E-state index in [2.05, 4.69) is 4.98 Å². The number of carbonyl (C=O) groups excluding carboxylic acids is 2. The van der Waals surface area contributed by atoms with E-state index in [4.69, 9.17) is 0 Å². The SMILES string of the molecule is Cc1cc(C(=O)N2CCN(C(=O)c3ccn(C)c3)CC2)c(C)[nH]1. The van der Waals surface area contributed by atoms with E-state index in [1.54, 1.807) is 0 Å². The Morgan fingerprint density at radius 2 is 1.65 bits per heavy atom. The Morgan fingerprint density at radius 3 is 2.13 bits per heavy atom. The maximum atomic E-state index is 12.6. The molecule has 0 bridgehead atoms. The number of piperazine rings is 1. The van der Waals surface area contributed by atoms with E-state index in [0.29, 0.717) is 31.7 Å². The molecule has 6 nitrogen and oxygen atoms in total. The monoisotopic (exact) mass is 314 g/mol. The highest BCUT2D eigenvalue weighted by molar-refractivity contribution is 5.96. The molecule has 2 amide bonds. The molecule has 1 aliphatic rings. The van der Waals surface area contributed by atoms with Crippen LogP contribution in [-0.4, -0.2) is 57.3 Å². The number of H-pyrrole nitrogens is 1. The van der Waals surface area contributed by atoms with Crippen molar-refractivity contribution in [1.29, 1.82) is 0 Å². The Morgan fingerprint density at radius 1 is 1.04 bits per heavy atom. The quantitative estimate of drug-likeness (QED) is 0.914. The number of hydrogen-bond acceptors (Lipinski definition) is 2. The third-order valence-corrected chi connectivity index (χ3v) is 4.31. The first-order valence-electron chi connectivity index (χ1n) is 7.82. The molecule has 23 heavy (non-hydrogen) atoms. The Balaban J connectivity index is 1.63. The first kappa shape index (κ1) is 15.4. The molecule has 0 saturated carbocycles. The predicted molar refractivity (Wildman–Crippen MR) is 87.5 cm³/mol. The Kier molecular flexibility index (Phi) is 3.98. The average Bonchev–Trinajstić information content (AvgIpc) is 3.11. The summed E-state index contributed by atoms with van der Waals surface area (Å²) in [6.07, 6.45) is 3.69. The van der Waals surface area contributed by atoms with Gasteiger partial charge in [0.2, 0.25) is 0 Å². The van der Waals surface area contributed by atoms with Crippen LogP contribution in [0.1, 0.15) is 32.1 Å². The van der Waals surface area contributed by atoms with Gasteiger partial charge in [-0.15, -0.1) is 0 Å². The smallest absolute Gasteiger partial charge is 0.255 e. The number of carbonyl (C=O) groups is 2. The lowest BCUT2D eigenvalue weighted by Crippen LogP contribution is -2.50. The predicted octanol–water partition coefficient (Wildman–Crippen LogP) is 1.57. The van der Waals surface area contributed by atoms with E-state index >= 15 is 0 Å². The molecule has 2 aromatic heterocycles. The van der Waals surface area contributed by atoms with Gasteiger partial charge in [0.1, 0.15) is 0 Å². The van der Waals surface area contributed by atoms with Gasteiger partial charge in [0, 0.05) is 57.0 Å². The molecular formula is C17H22N4O2. The standard InChI is InChI=1S/C17H22N4O2/c1-12-10-15(13(2)18-12)17(23)21-8-6-20(7-9-21)16(22)14-4-5-19(3)11-14/h4-5,10-11,18H,6-9H2,1-3H3. The van der Waals surface area contributed by atoms with Crippen LogP contribution in [0.25, 0.3) is 0 Å². The number of aromatic nitrogens is 2. The minimum atomic E-state index is 0.0337. The van der Waals surface area contributed by atoms with Gasteiger partial charge in [-0.1, -0.05) is 0 Å². The molecule has 1 fully saturated rings. The summed E-state index contributed by atoms with van der Waals surface area (Å²) in [7, 11) is 1.90. The maximum Gasteiger partial charge on any atom is 0.255 e. The summed E-state index contributed by atoms with van der Waals surface area (Å²) >= 11 is 0. The van der Waals surface area contributed by atoms with Gasteiger partial charge in [-0.2, -0.15) is 0 Å². The topological polar surface area (TPSA) is 61.3 Å². The van der Waals surface area contributed by atoms with Crippen molar-refractivity contribution in [2.45, 2.75) is 13.8 Å². The second kappa shape index (κ2) is 5.95. The number of amides is 2. The van der Waals surface area contributed by atoms with Crippen molar-refractivity contribution in [3.05, 3.63) is 47.0 Å². The van der Waals surface area contributed by atoms with Crippen molar-refractivity contribution in [1.82, 2.24) is 19.4 Å². The third-order valence-electron chi connectivity index (χ3n) is 4.31. The number of aromatic amines is 1. The van der Waals surface area contributed by atoms with E-state index in [0.717, 1.165) is 17.0 Å². The van der Waals surface area contributed by atoms with Crippen LogP contribution in [0, 0.1) is 13.8 Å². The zero-order valence-electron chi connectivity index (χ0n) is 13.8. The van der Waals surface area contributed by atoms with Gasteiger partial charge in [-0.05, 0) is 26.0 Å². The molecular weight excluding hydrogens is 292 g/mol. The number of hydrogen-bond donors (Lipinski definition) is 1. The summed E-state index contributed by atoms with van der Waals surface area (Å²) in [5.74, 6) is 0.0741. The molecule has 0 aliphatic carbocycles. The summed E-state index contributed by atoms with van der Waals surface area (Å²) in [5.41, 5.74) is 3.31. The van der Waals surface area contributed by atoms with Crippen molar-refractivity contribution in [2.24, 2.45) is 7.05 Å². The minimum Gasteiger partial charge on any atom is -0.362 e. The van der Waals surface area contributed by atoms with Gasteiger partial charge in [0.05, 0.1) is 11.1 Å². The van der Waals surface area contributed by atoms with E-state index in [1.165, 1.54) is 0 Å². The summed E-state index contributed by atoms with van der Waals surface area (Å²) in [4.78, 5) is 31.8. The van der Waals surface area contributed by atoms with E-state index < -0.39 is 0 Å². The molecule has 0 aromatic carbocycles. The van der Waals surface area contributed by atoms with Gasteiger partial charge in [0.15, 0.2) is 0 Å². The summed E-state index contributed by atoms with van der Waals surface area (Å²) in [6, 6.07) is 3.71. The molecule has 0 atom stereocenters. The number of nitrogens with zero attached hydrogens (tertiary/aromatic N) is 3. The largest absolute Gasteiger partial charge is 0.362 e. The minimum absolute atomic E-state index is 0.0337. The third kappa shape index (κ3) is 3.02. The number of rotatable bonds is 2. The highest BCUT2D eigenvalue weighted by Crippen LogP contribution is 2.15. The van der Waals surface area contributed by atoms with Crippen molar-refractivity contribution in [2.75, 3.05) is 26.2 Å². The molecule has 0 spiro atoms. The highest BCUT2D eigenvalue weighted by Gasteiger charge is 2.26. The van der Waals surface area contributed by atoms with Crippen LogP contribution >= 0.6 is 0 Å². The lowest BCUT2D eigenvalue weighted by Gasteiger charge is -2.34. The van der Waals surface area contributed by atoms with Crippen LogP contribution in [0.2, 0.25) is 0 Å². The highest BCUT2D eigenvalue weighted by atomic mass is 16.2. The Labute approximate surface area is 135 Å². The molecule has 6 heteroatoms. The second-order valence-electron chi connectivity index (χ2n) is 6.14. The zero-order valence-corrected chi connectivity index (χ0v) is 13.8. The van der Waals surface area contributed by atoms with Gasteiger partial charge in [-0.3, -0.25) is 9.59 Å². The van der Waals surface area contributed by atoms with Gasteiger partial charge >= 0.3 is 0 Å². The van der Waals surface area contributed by atoms with Crippen molar-refractivity contribution < 1.29 is 9.59 Å². The van der Waals surface area contributed by atoms with Crippen molar-refractivity contribution >= 4 is 11.8 Å². The van der Waals surface area contributed by atoms with Crippen LogP contribution in [0.4, 0.5) is 0 Å². The van der Waals surface area contributed by atoms with Crippen molar-refractivity contribution in [3.63, 3.8) is 0 Å². The molecule has 2 aromatic rings. The molecule has 3 heterocycles. The van der Waals surface area contributed by atoms with Crippen LogP contribution in [-0.2, 0) is 7.05 Å². The van der Waals surface area contributed by atoms with Gasteiger partial charge in [0.25, 0.3) is 11.8 Å². The molecule has 122 valence electrons. The Hall–Kier alpha value is -2.50. The van der Waals surface area contributed by atoms with Gasteiger partial charge in [-0.25, -0.2) is 0 Å². The zero-order chi connectivity index (χ0) is 16.6. The fourth-order valence-electron chi connectivity index (χ4n) is 3.04. The average molecular weight is 314 g/mol. The maximum absolute atomic E-state index is 12.6. The molecule has 1 N–H and O–H groups in total. The summed E-state index contributed by atoms with van der Waals surface area (Å²) in [5, 5.41) is 0. The summed E-state index contributed by atoms with van der Waals surface area (Å²) in [6.45, 7) is 6.14. The normalized spacial score (nSPS) is 15.1. The Bertz CT molecular complexity index is 736. The molecule has 0 unspecified atom stereocenters. The van der Waals surface area contributed by atoms with Crippen LogP contribution in [0.15, 0.2) is 24.5 Å². The molecule has 3 rings (SSSR count). The fraction of sp³-hybridized carbons (Fsp3) is 0.412. The number of nitrogens with one attached hydrogen (secondary N) is 1. The summed E-state index contributed by atoms with van der Waals surface area (Å²) < 4.78 is 1.87. The second-order valence-corrected chi connectivity index (χ2v) is 6.14. The molecule has 1 aliphatic heterocycles. The lowest BCUT2D eigenvalue weighted by molar-refractivity contribution is 0.0535. The van der Waals surface area contributed by atoms with E-state index in [1.807, 2.05) is 59.8 Å². The molecule has 0 radical (unpaired) electrons. The lowest BCUT2D eigenvalue weighted by atomic mass is 10.2. The molecule has 1 saturated heterocycles.